The summed E-state index contributed by atoms with van der Waals surface area (Å²) in [5.41, 5.74) is 0.716. The predicted octanol–water partition coefficient (Wildman–Crippen LogP) is 6.12. The number of fused-ring (bicyclic) bond motifs is 2. The van der Waals surface area contributed by atoms with Gasteiger partial charge in [0.05, 0.1) is 12.2 Å². The normalized spacial score (nSPS) is 29.0. The summed E-state index contributed by atoms with van der Waals surface area (Å²) in [5.74, 6) is 0. The minimum Gasteiger partial charge on any atom is -0.372 e. The lowest BCUT2D eigenvalue weighted by molar-refractivity contribution is -0.185. The van der Waals surface area contributed by atoms with Crippen LogP contribution in [0.25, 0.3) is 0 Å². The van der Waals surface area contributed by atoms with E-state index in [9.17, 15) is 0 Å². The fraction of sp³-hybridized carbons (Fsp3) is 1.00. The maximum absolute atomic E-state index is 5.51. The third kappa shape index (κ3) is 8.66. The van der Waals surface area contributed by atoms with Gasteiger partial charge in [-0.25, -0.2) is 0 Å². The van der Waals surface area contributed by atoms with Crippen LogP contribution in [-0.2, 0) is 4.74 Å². The monoisotopic (exact) mass is 509 g/mol. The Bertz CT molecular complexity index is 572. The fourth-order valence-corrected chi connectivity index (χ4v) is 6.41. The Labute approximate surface area is 226 Å². The molecule has 5 nitrogen and oxygen atoms in total. The third-order valence-electron chi connectivity index (χ3n) is 9.34. The molecule has 0 radical (unpaired) electrons. The van der Waals surface area contributed by atoms with E-state index < -0.39 is 0 Å². The summed E-state index contributed by atoms with van der Waals surface area (Å²) >= 11 is 0. The molecular formula is C31H64N4O. The average Bonchev–Trinajstić information content (AvgIpc) is 3.20. The van der Waals surface area contributed by atoms with Gasteiger partial charge in [0.15, 0.2) is 0 Å². The van der Waals surface area contributed by atoms with Gasteiger partial charge < -0.3 is 14.5 Å². The molecule has 2 atom stereocenters. The van der Waals surface area contributed by atoms with Crippen LogP contribution in [0.5, 0.6) is 0 Å². The van der Waals surface area contributed by atoms with E-state index in [0.29, 0.717) is 23.8 Å². The van der Waals surface area contributed by atoms with E-state index in [1.165, 1.54) is 84.1 Å². The largest absolute Gasteiger partial charge is 0.372 e. The summed E-state index contributed by atoms with van der Waals surface area (Å²) in [7, 11) is 0. The molecule has 7 aliphatic rings. The van der Waals surface area contributed by atoms with E-state index in [4.69, 9.17) is 4.74 Å². The minimum absolute atomic E-state index is 0. The molecule has 1 spiro atoms. The Morgan fingerprint density at radius 3 is 1.17 bits per heavy atom. The van der Waals surface area contributed by atoms with Gasteiger partial charge in [-0.1, -0.05) is 7.43 Å². The molecular weight excluding hydrogens is 444 g/mol. The summed E-state index contributed by atoms with van der Waals surface area (Å²) in [5, 5.41) is 0. The standard InChI is InChI=1S/C9H17N.C8H15NO.C7H15N.C6H13N.CH4/c1-8(2)10-7-6-9(10)4-3-5-9;1-6(2)9-4-7-3-8(5-9)10-7;1-7(2)8-5-3-4-6-8;1-6(2)7-4-3-5-7;/h8H,3-7H2,1-2H3;6-8H,3-5H2,1-2H3;7H,3-6H2,1-2H3;6H,3-5H2,1-2H3;1H4. The van der Waals surface area contributed by atoms with Crippen molar-refractivity contribution in [2.75, 3.05) is 45.8 Å². The maximum atomic E-state index is 5.51. The van der Waals surface area contributed by atoms with Crippen molar-refractivity contribution >= 4 is 0 Å². The van der Waals surface area contributed by atoms with Gasteiger partial charge in [0.25, 0.3) is 0 Å². The summed E-state index contributed by atoms with van der Waals surface area (Å²) in [6.45, 7) is 27.2. The van der Waals surface area contributed by atoms with Crippen LogP contribution in [0.3, 0.4) is 0 Å². The van der Waals surface area contributed by atoms with Crippen molar-refractivity contribution < 1.29 is 4.74 Å². The number of morpholine rings is 1. The average molecular weight is 509 g/mol. The zero-order chi connectivity index (χ0) is 25.6. The second kappa shape index (κ2) is 14.8. The Hall–Kier alpha value is -0.200. The SMILES string of the molecule is C.CC(C)N1CC2CC(C1)O2.CC(C)N1CCC1.CC(C)N1CCC12CCC2.CC(C)N1CCCC1. The number of nitrogens with zero attached hydrogens (tertiary/aromatic N) is 4. The molecule has 36 heavy (non-hydrogen) atoms. The van der Waals surface area contributed by atoms with Gasteiger partial charge in [-0.2, -0.15) is 0 Å². The summed E-state index contributed by atoms with van der Waals surface area (Å²) in [4.78, 5) is 10.2. The summed E-state index contributed by atoms with van der Waals surface area (Å²) < 4.78 is 5.51. The van der Waals surface area contributed by atoms with Crippen molar-refractivity contribution in [3.8, 4) is 0 Å². The number of rotatable bonds is 4. The first-order chi connectivity index (χ1) is 16.6. The number of piperidine rings is 1. The lowest BCUT2D eigenvalue weighted by atomic mass is 9.67. The molecule has 7 rings (SSSR count). The Morgan fingerprint density at radius 1 is 0.556 bits per heavy atom. The van der Waals surface area contributed by atoms with Crippen molar-refractivity contribution in [2.24, 2.45) is 0 Å². The second-order valence-electron chi connectivity index (χ2n) is 13.1. The highest BCUT2D eigenvalue weighted by molar-refractivity contribution is 5.06. The highest BCUT2D eigenvalue weighted by Crippen LogP contribution is 2.47. The predicted molar refractivity (Wildman–Crippen MR) is 157 cm³/mol. The molecule has 6 saturated heterocycles. The molecule has 6 heterocycles. The van der Waals surface area contributed by atoms with E-state index in [1.54, 1.807) is 0 Å². The first kappa shape index (κ1) is 32.0. The molecule has 1 saturated carbocycles. The van der Waals surface area contributed by atoms with Gasteiger partial charge >= 0.3 is 0 Å². The van der Waals surface area contributed by atoms with Crippen LogP contribution < -0.4 is 0 Å². The number of hydrogen-bond acceptors (Lipinski definition) is 5. The smallest absolute Gasteiger partial charge is 0.0731 e. The fourth-order valence-electron chi connectivity index (χ4n) is 6.41. The van der Waals surface area contributed by atoms with Crippen LogP contribution >= 0.6 is 0 Å². The van der Waals surface area contributed by atoms with Gasteiger partial charge in [0.1, 0.15) is 0 Å². The molecule has 5 heteroatoms. The molecule has 2 bridgehead atoms. The third-order valence-corrected chi connectivity index (χ3v) is 9.34. The molecule has 0 aromatic rings. The second-order valence-corrected chi connectivity index (χ2v) is 13.1. The van der Waals surface area contributed by atoms with Gasteiger partial charge in [-0.05, 0) is 127 Å². The zero-order valence-electron chi connectivity index (χ0n) is 24.8. The van der Waals surface area contributed by atoms with E-state index in [-0.39, 0.29) is 7.43 Å². The highest BCUT2D eigenvalue weighted by atomic mass is 16.5. The van der Waals surface area contributed by atoms with Crippen molar-refractivity contribution in [3.63, 3.8) is 0 Å². The van der Waals surface area contributed by atoms with Crippen LogP contribution in [0.2, 0.25) is 0 Å². The quantitative estimate of drug-likeness (QED) is 0.455. The van der Waals surface area contributed by atoms with Crippen LogP contribution in [-0.4, -0.2) is 107 Å². The Morgan fingerprint density at radius 2 is 1.00 bits per heavy atom. The molecule has 214 valence electrons. The number of ether oxygens (including phenoxy) is 1. The zero-order valence-corrected chi connectivity index (χ0v) is 24.8. The van der Waals surface area contributed by atoms with Crippen LogP contribution in [0.4, 0.5) is 0 Å². The Balaban J connectivity index is 0.000000169. The maximum Gasteiger partial charge on any atom is 0.0731 e. The Kier molecular flexibility index (Phi) is 13.2. The molecule has 0 N–H and O–H groups in total. The van der Waals surface area contributed by atoms with Crippen molar-refractivity contribution in [3.05, 3.63) is 0 Å². The van der Waals surface area contributed by atoms with Gasteiger partial charge in [0.2, 0.25) is 0 Å². The molecule has 7 fully saturated rings. The van der Waals surface area contributed by atoms with E-state index in [0.717, 1.165) is 31.2 Å². The van der Waals surface area contributed by atoms with Crippen molar-refractivity contribution in [2.45, 2.75) is 156 Å². The van der Waals surface area contributed by atoms with Gasteiger partial charge in [-0.3, -0.25) is 9.80 Å². The van der Waals surface area contributed by atoms with E-state index in [1.807, 2.05) is 0 Å². The van der Waals surface area contributed by atoms with Crippen LogP contribution in [0.1, 0.15) is 114 Å². The van der Waals surface area contributed by atoms with Gasteiger partial charge in [-0.15, -0.1) is 0 Å². The highest BCUT2D eigenvalue weighted by Gasteiger charge is 2.49. The first-order valence-corrected chi connectivity index (χ1v) is 15.3. The van der Waals surface area contributed by atoms with Crippen LogP contribution in [0, 0.1) is 0 Å². The van der Waals surface area contributed by atoms with Crippen LogP contribution in [0.15, 0.2) is 0 Å². The molecule has 2 unspecified atom stereocenters. The number of hydrogen-bond donors (Lipinski definition) is 0. The number of likely N-dealkylation sites (tertiary alicyclic amines) is 3. The van der Waals surface area contributed by atoms with Crippen molar-refractivity contribution in [1.29, 1.82) is 0 Å². The summed E-state index contributed by atoms with van der Waals surface area (Å²) in [6.07, 6.45) is 12.6. The lowest BCUT2D eigenvalue weighted by Crippen LogP contribution is -2.65. The van der Waals surface area contributed by atoms with E-state index in [2.05, 4.69) is 75.0 Å². The minimum atomic E-state index is 0. The van der Waals surface area contributed by atoms with E-state index >= 15 is 0 Å². The van der Waals surface area contributed by atoms with Gasteiger partial charge in [0, 0.05) is 55.8 Å². The molecule has 6 aliphatic heterocycles. The lowest BCUT2D eigenvalue weighted by Gasteiger charge is -2.60. The molecule has 0 amide bonds. The van der Waals surface area contributed by atoms with Crippen molar-refractivity contribution in [1.82, 2.24) is 19.6 Å². The first-order valence-electron chi connectivity index (χ1n) is 15.3. The molecule has 1 aliphatic carbocycles. The molecule has 0 aromatic heterocycles. The summed E-state index contributed by atoms with van der Waals surface area (Å²) in [6, 6.07) is 3.05. The topological polar surface area (TPSA) is 22.2 Å². The molecule has 0 aromatic carbocycles.